The van der Waals surface area contributed by atoms with Crippen molar-refractivity contribution in [1.29, 1.82) is 0 Å². The summed E-state index contributed by atoms with van der Waals surface area (Å²) in [7, 11) is 1.93. The lowest BCUT2D eigenvalue weighted by Crippen LogP contribution is -2.27. The van der Waals surface area contributed by atoms with Crippen molar-refractivity contribution in [2.75, 3.05) is 18.6 Å². The minimum atomic E-state index is -0.165. The van der Waals surface area contributed by atoms with E-state index in [4.69, 9.17) is 11.6 Å². The van der Waals surface area contributed by atoms with Gasteiger partial charge in [-0.2, -0.15) is 0 Å². The van der Waals surface area contributed by atoms with Gasteiger partial charge in [-0.1, -0.05) is 48.0 Å². The lowest BCUT2D eigenvalue weighted by atomic mass is 10.0. The Morgan fingerprint density at radius 3 is 2.48 bits per heavy atom. The first-order valence-corrected chi connectivity index (χ1v) is 8.30. The maximum absolute atomic E-state index is 9.86. The molecule has 0 aliphatic rings. The number of anilines is 1. The molecule has 0 fully saturated rings. The average Bonchev–Trinajstić information content (AvgIpc) is 2.65. The van der Waals surface area contributed by atoms with E-state index < -0.39 is 0 Å². The van der Waals surface area contributed by atoms with Gasteiger partial charge in [-0.25, -0.2) is 0 Å². The third kappa shape index (κ3) is 3.76. The second kappa shape index (κ2) is 7.55. The zero-order valence-electron chi connectivity index (χ0n) is 13.8. The molecule has 1 unspecified atom stereocenters. The maximum Gasteiger partial charge on any atom is 0.134 e. The van der Waals surface area contributed by atoms with Gasteiger partial charge in [0.05, 0.1) is 29.6 Å². The van der Waals surface area contributed by atoms with Gasteiger partial charge in [-0.15, -0.1) is 0 Å². The van der Waals surface area contributed by atoms with Gasteiger partial charge in [0, 0.05) is 18.8 Å². The molecule has 0 aliphatic carbocycles. The van der Waals surface area contributed by atoms with E-state index in [1.165, 1.54) is 0 Å². The number of hydrogen-bond acceptors (Lipinski definition) is 4. The van der Waals surface area contributed by atoms with Gasteiger partial charge in [0.25, 0.3) is 0 Å². The molecule has 25 heavy (non-hydrogen) atoms. The molecule has 2 N–H and O–H groups in total. The fraction of sp³-hybridized carbons (Fsp3) is 0.150. The molecule has 0 aliphatic heterocycles. The second-order valence-corrected chi connectivity index (χ2v) is 6.23. The van der Waals surface area contributed by atoms with Crippen LogP contribution in [0.5, 0.6) is 5.75 Å². The Hall–Kier alpha value is -2.56. The first-order chi connectivity index (χ1) is 12.1. The van der Waals surface area contributed by atoms with Crippen LogP contribution in [-0.4, -0.2) is 28.9 Å². The smallest absolute Gasteiger partial charge is 0.134 e. The Balaban J connectivity index is 1.93. The highest BCUT2D eigenvalue weighted by molar-refractivity contribution is 6.32. The molecule has 4 nitrogen and oxygen atoms in total. The number of rotatable bonds is 5. The van der Waals surface area contributed by atoms with Crippen molar-refractivity contribution >= 4 is 17.3 Å². The van der Waals surface area contributed by atoms with Gasteiger partial charge in [-0.05, 0) is 29.3 Å². The summed E-state index contributed by atoms with van der Waals surface area (Å²) in [5, 5.41) is 19.7. The van der Waals surface area contributed by atoms with Crippen molar-refractivity contribution < 1.29 is 10.2 Å². The molecule has 3 rings (SSSR count). The summed E-state index contributed by atoms with van der Waals surface area (Å²) in [6, 6.07) is 16.7. The van der Waals surface area contributed by atoms with Gasteiger partial charge >= 0.3 is 0 Å². The van der Waals surface area contributed by atoms with E-state index in [0.29, 0.717) is 5.02 Å². The summed E-state index contributed by atoms with van der Waals surface area (Å²) in [6.45, 7) is -0.00419. The summed E-state index contributed by atoms with van der Waals surface area (Å²) in [4.78, 5) is 6.31. The molecule has 1 aromatic heterocycles. The predicted molar refractivity (Wildman–Crippen MR) is 101 cm³/mol. The van der Waals surface area contributed by atoms with Crippen LogP contribution in [0, 0.1) is 0 Å². The molecule has 0 bridgehead atoms. The van der Waals surface area contributed by atoms with E-state index in [1.54, 1.807) is 30.6 Å². The molecule has 1 heterocycles. The number of phenols is 1. The van der Waals surface area contributed by atoms with E-state index in [0.717, 1.165) is 22.4 Å². The predicted octanol–water partition coefficient (Wildman–Crippen LogP) is 4.28. The molecule has 0 saturated carbocycles. The van der Waals surface area contributed by atoms with E-state index in [-0.39, 0.29) is 18.4 Å². The lowest BCUT2D eigenvalue weighted by Gasteiger charge is -2.29. The highest BCUT2D eigenvalue weighted by Crippen LogP contribution is 2.32. The molecular formula is C20H19ClN2O2. The van der Waals surface area contributed by atoms with Gasteiger partial charge in [0.1, 0.15) is 5.75 Å². The zero-order chi connectivity index (χ0) is 17.8. The summed E-state index contributed by atoms with van der Waals surface area (Å²) < 4.78 is 0. The Bertz CT molecular complexity index is 855. The third-order valence-corrected chi connectivity index (χ3v) is 4.54. The molecule has 0 spiro atoms. The maximum atomic E-state index is 9.86. The van der Waals surface area contributed by atoms with Crippen molar-refractivity contribution in [2.24, 2.45) is 0 Å². The quantitative estimate of drug-likeness (QED) is 0.718. The largest absolute Gasteiger partial charge is 0.506 e. The Morgan fingerprint density at radius 1 is 1.04 bits per heavy atom. The van der Waals surface area contributed by atoms with Crippen LogP contribution in [0.4, 0.5) is 5.69 Å². The van der Waals surface area contributed by atoms with Crippen LogP contribution in [-0.2, 0) is 0 Å². The minimum absolute atomic E-state index is 0.00419. The van der Waals surface area contributed by atoms with Gasteiger partial charge in [-0.3, -0.25) is 4.98 Å². The monoisotopic (exact) mass is 354 g/mol. The number of aliphatic hydroxyl groups excluding tert-OH is 1. The van der Waals surface area contributed by atoms with Crippen LogP contribution in [0.25, 0.3) is 11.1 Å². The second-order valence-electron chi connectivity index (χ2n) is 5.82. The fourth-order valence-electron chi connectivity index (χ4n) is 2.77. The first kappa shape index (κ1) is 17.3. The van der Waals surface area contributed by atoms with Crippen LogP contribution in [0.3, 0.4) is 0 Å². The Kier molecular flexibility index (Phi) is 5.22. The molecule has 0 amide bonds. The number of aromatic nitrogens is 1. The van der Waals surface area contributed by atoms with Crippen molar-refractivity contribution in [3.05, 3.63) is 77.6 Å². The third-order valence-electron chi connectivity index (χ3n) is 4.24. The van der Waals surface area contributed by atoms with Crippen molar-refractivity contribution in [2.45, 2.75) is 6.04 Å². The highest BCUT2D eigenvalue weighted by atomic mass is 35.5. The normalized spacial score (nSPS) is 12.0. The first-order valence-electron chi connectivity index (χ1n) is 7.92. The summed E-state index contributed by atoms with van der Waals surface area (Å²) >= 11 is 6.01. The molecule has 1 atom stereocenters. The fourth-order valence-corrected chi connectivity index (χ4v) is 2.95. The summed E-state index contributed by atoms with van der Waals surface area (Å²) in [5.41, 5.74) is 3.66. The van der Waals surface area contributed by atoms with Gasteiger partial charge < -0.3 is 15.1 Å². The molecular weight excluding hydrogens is 336 g/mol. The van der Waals surface area contributed by atoms with Gasteiger partial charge in [0.15, 0.2) is 0 Å². The number of pyridine rings is 1. The van der Waals surface area contributed by atoms with E-state index >= 15 is 0 Å². The number of hydrogen-bond donors (Lipinski definition) is 2. The molecule has 5 heteroatoms. The standard InChI is InChI=1S/C20H19ClN2O2/c1-23(19(13-24)14-5-3-2-4-6-14)17-9-16(11-22-12-17)15-7-8-20(25)18(21)10-15/h2-12,19,24-25H,13H2,1H3. The topological polar surface area (TPSA) is 56.6 Å². The molecule has 3 aromatic rings. The van der Waals surface area contributed by atoms with Crippen LogP contribution < -0.4 is 4.90 Å². The molecule has 2 aromatic carbocycles. The number of halogens is 1. The zero-order valence-corrected chi connectivity index (χ0v) is 14.6. The molecule has 0 saturated heterocycles. The Morgan fingerprint density at radius 2 is 1.80 bits per heavy atom. The van der Waals surface area contributed by atoms with Crippen LogP contribution >= 0.6 is 11.6 Å². The van der Waals surface area contributed by atoms with E-state index in [2.05, 4.69) is 4.98 Å². The SMILES string of the molecule is CN(c1cncc(-c2ccc(O)c(Cl)c2)c1)C(CO)c1ccccc1. The summed E-state index contributed by atoms with van der Waals surface area (Å²) in [5.74, 6) is 0.0519. The number of likely N-dealkylation sites (N-methyl/N-ethyl adjacent to an activating group) is 1. The average molecular weight is 355 g/mol. The number of nitrogens with zero attached hydrogens (tertiary/aromatic N) is 2. The lowest BCUT2D eigenvalue weighted by molar-refractivity contribution is 0.264. The van der Waals surface area contributed by atoms with Crippen LogP contribution in [0.15, 0.2) is 67.0 Å². The molecule has 128 valence electrons. The number of benzene rings is 2. The van der Waals surface area contributed by atoms with E-state index in [1.807, 2.05) is 48.3 Å². The molecule has 0 radical (unpaired) electrons. The van der Waals surface area contributed by atoms with Crippen LogP contribution in [0.2, 0.25) is 5.02 Å². The van der Waals surface area contributed by atoms with Gasteiger partial charge in [0.2, 0.25) is 0 Å². The minimum Gasteiger partial charge on any atom is -0.506 e. The van der Waals surface area contributed by atoms with Crippen molar-refractivity contribution in [1.82, 2.24) is 4.98 Å². The number of aromatic hydroxyl groups is 1. The van der Waals surface area contributed by atoms with Crippen LogP contribution in [0.1, 0.15) is 11.6 Å². The summed E-state index contributed by atoms with van der Waals surface area (Å²) in [6.07, 6.45) is 3.51. The van der Waals surface area contributed by atoms with Crippen molar-refractivity contribution in [3.8, 4) is 16.9 Å². The Labute approximate surface area is 152 Å². The number of aliphatic hydroxyl groups is 1. The van der Waals surface area contributed by atoms with Crippen molar-refractivity contribution in [3.63, 3.8) is 0 Å². The number of phenolic OH excluding ortho intramolecular Hbond substituents is 1. The highest BCUT2D eigenvalue weighted by Gasteiger charge is 2.17. The van der Waals surface area contributed by atoms with E-state index in [9.17, 15) is 10.2 Å².